The summed E-state index contributed by atoms with van der Waals surface area (Å²) in [6.07, 6.45) is -1.10. The number of rotatable bonds is 2. The highest BCUT2D eigenvalue weighted by Gasteiger charge is 2.49. The van der Waals surface area contributed by atoms with Crippen molar-refractivity contribution in [3.8, 4) is 5.75 Å². The van der Waals surface area contributed by atoms with E-state index in [0.717, 1.165) is 18.2 Å². The van der Waals surface area contributed by atoms with Gasteiger partial charge in [-0.3, -0.25) is 10.1 Å². The van der Waals surface area contributed by atoms with Gasteiger partial charge in [0.1, 0.15) is 11.8 Å². The molecule has 1 heterocycles. The Morgan fingerprint density at radius 3 is 2.84 bits per heavy atom. The molecule has 1 aliphatic rings. The van der Waals surface area contributed by atoms with Crippen LogP contribution in [0.25, 0.3) is 0 Å². The van der Waals surface area contributed by atoms with Crippen molar-refractivity contribution in [3.63, 3.8) is 0 Å². The van der Waals surface area contributed by atoms with Crippen molar-refractivity contribution in [1.29, 1.82) is 0 Å². The Labute approximate surface area is 104 Å². The molecule has 2 N–H and O–H groups in total. The maximum absolute atomic E-state index is 13.7. The summed E-state index contributed by atoms with van der Waals surface area (Å²) in [6, 6.07) is 0.784. The van der Waals surface area contributed by atoms with Gasteiger partial charge in [-0.05, 0) is 12.1 Å². The molecule has 1 fully saturated rings. The van der Waals surface area contributed by atoms with Crippen molar-refractivity contribution in [2.45, 2.75) is 12.0 Å². The first-order chi connectivity index (χ1) is 8.81. The van der Waals surface area contributed by atoms with Crippen LogP contribution in [0, 0.1) is 10.1 Å². The lowest BCUT2D eigenvalue weighted by Gasteiger charge is -2.31. The minimum absolute atomic E-state index is 0.419. The zero-order valence-electron chi connectivity index (χ0n) is 9.30. The summed E-state index contributed by atoms with van der Waals surface area (Å²) >= 11 is 0. The van der Waals surface area contributed by atoms with Crippen LogP contribution in [-0.4, -0.2) is 28.7 Å². The summed E-state index contributed by atoms with van der Waals surface area (Å²) in [7, 11) is 0. The molecular formula is C10H8F2N2O5. The molecule has 0 bridgehead atoms. The number of alkyl carbamates (subject to hydrolysis) is 1. The summed E-state index contributed by atoms with van der Waals surface area (Å²) < 4.78 is 31.5. The van der Waals surface area contributed by atoms with E-state index in [1.54, 1.807) is 0 Å². The summed E-state index contributed by atoms with van der Waals surface area (Å²) in [6.45, 7) is -1.18. The SMILES string of the molecule is O=C1N[C@H](c2cc(O)ccc2[N+](=O)[O-])C(F)(F)CO1. The number of ether oxygens (including phenoxy) is 1. The number of halogens is 2. The lowest BCUT2D eigenvalue weighted by Crippen LogP contribution is -2.49. The predicted molar refractivity (Wildman–Crippen MR) is 56.9 cm³/mol. The third kappa shape index (κ3) is 2.39. The molecule has 1 aromatic rings. The Balaban J connectivity index is 2.52. The number of nitro groups is 1. The Morgan fingerprint density at radius 2 is 2.21 bits per heavy atom. The topological polar surface area (TPSA) is 102 Å². The number of phenols is 1. The van der Waals surface area contributed by atoms with Crippen LogP contribution in [0.3, 0.4) is 0 Å². The highest BCUT2D eigenvalue weighted by molar-refractivity contribution is 5.70. The van der Waals surface area contributed by atoms with E-state index in [2.05, 4.69) is 4.74 Å². The number of aromatic hydroxyl groups is 1. The van der Waals surface area contributed by atoms with Gasteiger partial charge >= 0.3 is 12.0 Å². The number of alkyl halides is 2. The number of hydrogen-bond donors (Lipinski definition) is 2. The van der Waals surface area contributed by atoms with Gasteiger partial charge in [-0.15, -0.1) is 0 Å². The van der Waals surface area contributed by atoms with E-state index in [4.69, 9.17) is 0 Å². The monoisotopic (exact) mass is 274 g/mol. The smallest absolute Gasteiger partial charge is 0.408 e. The van der Waals surface area contributed by atoms with E-state index in [9.17, 15) is 28.8 Å². The Hall–Kier alpha value is -2.45. The van der Waals surface area contributed by atoms with E-state index < -0.39 is 46.6 Å². The van der Waals surface area contributed by atoms with Gasteiger partial charge in [0.15, 0.2) is 6.61 Å². The van der Waals surface area contributed by atoms with E-state index >= 15 is 0 Å². The molecule has 1 aliphatic heterocycles. The number of nitrogens with one attached hydrogen (secondary N) is 1. The highest BCUT2D eigenvalue weighted by Crippen LogP contribution is 2.39. The molecule has 2 rings (SSSR count). The quantitative estimate of drug-likeness (QED) is 0.631. The second-order valence-electron chi connectivity index (χ2n) is 3.91. The molecule has 0 aliphatic carbocycles. The summed E-state index contributed by atoms with van der Waals surface area (Å²) in [4.78, 5) is 20.9. The van der Waals surface area contributed by atoms with Crippen LogP contribution >= 0.6 is 0 Å². The minimum atomic E-state index is -3.52. The summed E-state index contributed by atoms with van der Waals surface area (Å²) in [5.74, 6) is -3.94. The van der Waals surface area contributed by atoms with E-state index in [0.29, 0.717) is 0 Å². The number of amides is 1. The second-order valence-corrected chi connectivity index (χ2v) is 3.91. The van der Waals surface area contributed by atoms with E-state index in [1.807, 2.05) is 5.32 Å². The van der Waals surface area contributed by atoms with Crippen LogP contribution in [0.2, 0.25) is 0 Å². The third-order valence-electron chi connectivity index (χ3n) is 2.60. The number of cyclic esters (lactones) is 1. The average Bonchev–Trinajstić information content (AvgIpc) is 2.32. The molecule has 1 saturated heterocycles. The Bertz CT molecular complexity index is 549. The highest BCUT2D eigenvalue weighted by atomic mass is 19.3. The number of carbonyl (C=O) groups excluding carboxylic acids is 1. The first-order valence-corrected chi connectivity index (χ1v) is 5.09. The fraction of sp³-hybridized carbons (Fsp3) is 0.300. The van der Waals surface area contributed by atoms with Gasteiger partial charge in [0.05, 0.1) is 10.5 Å². The summed E-state index contributed by atoms with van der Waals surface area (Å²) in [5.41, 5.74) is -1.10. The van der Waals surface area contributed by atoms with E-state index in [1.165, 1.54) is 0 Å². The van der Waals surface area contributed by atoms with Gasteiger partial charge in [-0.1, -0.05) is 0 Å². The Kier molecular flexibility index (Phi) is 2.97. The zero-order chi connectivity index (χ0) is 14.2. The van der Waals surface area contributed by atoms with Crippen molar-refractivity contribution in [2.24, 2.45) is 0 Å². The van der Waals surface area contributed by atoms with Gasteiger partial charge in [0, 0.05) is 6.07 Å². The molecule has 102 valence electrons. The standard InChI is InChI=1S/C10H8F2N2O5/c11-10(12)4-19-9(16)13-8(10)6-3-5(15)1-2-7(6)14(17)18/h1-3,8,15H,4H2,(H,13,16)/t8-/m1/s1. The molecular weight excluding hydrogens is 266 g/mol. The number of hydrogen-bond acceptors (Lipinski definition) is 5. The molecule has 0 saturated carbocycles. The number of phenolic OH excluding ortho intramolecular Hbond substituents is 1. The molecule has 0 unspecified atom stereocenters. The van der Waals surface area contributed by atoms with Crippen molar-refractivity contribution >= 4 is 11.8 Å². The van der Waals surface area contributed by atoms with Crippen molar-refractivity contribution in [2.75, 3.05) is 6.61 Å². The largest absolute Gasteiger partial charge is 0.508 e. The fourth-order valence-corrected chi connectivity index (χ4v) is 1.75. The van der Waals surface area contributed by atoms with Crippen LogP contribution in [0.1, 0.15) is 11.6 Å². The molecule has 1 aromatic carbocycles. The van der Waals surface area contributed by atoms with Gasteiger partial charge in [-0.25, -0.2) is 13.6 Å². The number of nitrogens with zero attached hydrogens (tertiary/aromatic N) is 1. The maximum Gasteiger partial charge on any atom is 0.408 e. The normalized spacial score (nSPS) is 21.4. The minimum Gasteiger partial charge on any atom is -0.508 e. The number of benzene rings is 1. The molecule has 0 radical (unpaired) electrons. The maximum atomic E-state index is 13.7. The summed E-state index contributed by atoms with van der Waals surface area (Å²) in [5, 5.41) is 21.9. The molecule has 7 nitrogen and oxygen atoms in total. The van der Waals surface area contributed by atoms with Crippen LogP contribution < -0.4 is 5.32 Å². The molecule has 19 heavy (non-hydrogen) atoms. The average molecular weight is 274 g/mol. The fourth-order valence-electron chi connectivity index (χ4n) is 1.75. The molecule has 1 amide bonds. The number of carbonyl (C=O) groups is 1. The molecule has 1 atom stereocenters. The molecule has 9 heteroatoms. The second kappa shape index (κ2) is 4.34. The lowest BCUT2D eigenvalue weighted by atomic mass is 9.98. The first kappa shape index (κ1) is 13.0. The van der Waals surface area contributed by atoms with Gasteiger partial charge < -0.3 is 15.2 Å². The van der Waals surface area contributed by atoms with E-state index in [-0.39, 0.29) is 0 Å². The predicted octanol–water partition coefficient (Wildman–Crippen LogP) is 1.72. The molecule has 0 spiro atoms. The Morgan fingerprint density at radius 1 is 1.53 bits per heavy atom. The number of nitro benzene ring substituents is 1. The van der Waals surface area contributed by atoms with Crippen LogP contribution in [0.5, 0.6) is 5.75 Å². The third-order valence-corrected chi connectivity index (χ3v) is 2.60. The van der Waals surface area contributed by atoms with Crippen molar-refractivity contribution in [3.05, 3.63) is 33.9 Å². The lowest BCUT2D eigenvalue weighted by molar-refractivity contribution is -0.386. The molecule has 0 aromatic heterocycles. The van der Waals surface area contributed by atoms with Gasteiger partial charge in [-0.2, -0.15) is 0 Å². The zero-order valence-corrected chi connectivity index (χ0v) is 9.30. The first-order valence-electron chi connectivity index (χ1n) is 5.09. The van der Waals surface area contributed by atoms with Crippen LogP contribution in [0.4, 0.5) is 19.3 Å². The van der Waals surface area contributed by atoms with Gasteiger partial charge in [0.2, 0.25) is 0 Å². The van der Waals surface area contributed by atoms with Crippen LogP contribution in [0.15, 0.2) is 18.2 Å². The van der Waals surface area contributed by atoms with Crippen LogP contribution in [-0.2, 0) is 4.74 Å². The van der Waals surface area contributed by atoms with Crippen molar-refractivity contribution in [1.82, 2.24) is 5.32 Å². The van der Waals surface area contributed by atoms with Crippen molar-refractivity contribution < 1.29 is 28.3 Å². The van der Waals surface area contributed by atoms with Gasteiger partial charge in [0.25, 0.3) is 5.69 Å².